The molecule has 1 amide bonds. The van der Waals surface area contributed by atoms with E-state index in [9.17, 15) is 30.3 Å². The Labute approximate surface area is 349 Å². The van der Waals surface area contributed by atoms with Gasteiger partial charge in [0.05, 0.1) is 25.4 Å². The van der Waals surface area contributed by atoms with Crippen molar-refractivity contribution < 1.29 is 39.8 Å². The molecule has 1 aliphatic heterocycles. The molecule has 0 aromatic rings. The number of ether oxygens (including phenoxy) is 2. The third-order valence-corrected chi connectivity index (χ3v) is 11.3. The summed E-state index contributed by atoms with van der Waals surface area (Å²) in [5.74, 6) is -0.192. The molecule has 7 atom stereocenters. The van der Waals surface area contributed by atoms with Crippen LogP contribution in [0, 0.1) is 0 Å². The Kier molecular flexibility index (Phi) is 36.2. The van der Waals surface area contributed by atoms with Crippen molar-refractivity contribution in [2.75, 3.05) is 13.2 Å². The fourth-order valence-corrected chi connectivity index (χ4v) is 7.49. The maximum absolute atomic E-state index is 12.9. The molecule has 0 bridgehead atoms. The molecule has 7 unspecified atom stereocenters. The molecule has 9 nitrogen and oxygen atoms in total. The van der Waals surface area contributed by atoms with Gasteiger partial charge in [0, 0.05) is 6.42 Å². The van der Waals surface area contributed by atoms with Gasteiger partial charge in [-0.15, -0.1) is 0 Å². The summed E-state index contributed by atoms with van der Waals surface area (Å²) in [5.41, 5.74) is 0. The van der Waals surface area contributed by atoms with Crippen molar-refractivity contribution in [2.24, 2.45) is 0 Å². The van der Waals surface area contributed by atoms with Crippen molar-refractivity contribution in [3.8, 4) is 0 Å². The summed E-state index contributed by atoms with van der Waals surface area (Å²) >= 11 is 0. The molecule has 0 aromatic carbocycles. The number of nitrogens with one attached hydrogen (secondary N) is 1. The predicted octanol–water partition coefficient (Wildman–Crippen LogP) is 10.1. The highest BCUT2D eigenvalue weighted by atomic mass is 16.7. The highest BCUT2D eigenvalue weighted by Gasteiger charge is 2.44. The maximum Gasteiger partial charge on any atom is 0.220 e. The van der Waals surface area contributed by atoms with E-state index in [0.717, 1.165) is 44.9 Å². The molecular formula is C48H89NO8. The lowest BCUT2D eigenvalue weighted by Gasteiger charge is -2.40. The van der Waals surface area contributed by atoms with Crippen LogP contribution in [0.5, 0.6) is 0 Å². The minimum atomic E-state index is -1.57. The van der Waals surface area contributed by atoms with Crippen molar-refractivity contribution in [2.45, 2.75) is 249 Å². The normalized spacial score (nSPS) is 21.3. The fraction of sp³-hybridized carbons (Fsp3) is 0.854. The number of unbranched alkanes of at least 4 members (excludes halogenated alkanes) is 26. The Hall–Kier alpha value is -1.59. The molecule has 0 saturated carbocycles. The fourth-order valence-electron chi connectivity index (χ4n) is 7.49. The third kappa shape index (κ3) is 29.3. The lowest BCUT2D eigenvalue weighted by molar-refractivity contribution is -0.302. The van der Waals surface area contributed by atoms with Crippen LogP contribution in [0.3, 0.4) is 0 Å². The van der Waals surface area contributed by atoms with Crippen LogP contribution in [-0.2, 0) is 14.3 Å². The molecule has 1 fully saturated rings. The molecule has 0 aromatic heterocycles. The number of amides is 1. The van der Waals surface area contributed by atoms with Crippen molar-refractivity contribution in [1.29, 1.82) is 0 Å². The molecule has 57 heavy (non-hydrogen) atoms. The van der Waals surface area contributed by atoms with Gasteiger partial charge in [-0.1, -0.05) is 197 Å². The molecule has 1 aliphatic rings. The van der Waals surface area contributed by atoms with Gasteiger partial charge in [-0.25, -0.2) is 0 Å². The molecule has 0 aliphatic carbocycles. The van der Waals surface area contributed by atoms with E-state index in [0.29, 0.717) is 6.42 Å². The number of hydrogen-bond acceptors (Lipinski definition) is 8. The van der Waals surface area contributed by atoms with Gasteiger partial charge in [0.15, 0.2) is 6.29 Å². The number of allylic oxidation sites excluding steroid dienone is 5. The van der Waals surface area contributed by atoms with Crippen molar-refractivity contribution in [3.05, 3.63) is 36.5 Å². The van der Waals surface area contributed by atoms with Gasteiger partial charge in [-0.3, -0.25) is 4.79 Å². The molecule has 334 valence electrons. The van der Waals surface area contributed by atoms with Crippen LogP contribution in [0.1, 0.15) is 206 Å². The summed E-state index contributed by atoms with van der Waals surface area (Å²) in [6.07, 6.45) is 41.0. The maximum atomic E-state index is 12.9. The summed E-state index contributed by atoms with van der Waals surface area (Å²) in [7, 11) is 0. The number of carbonyl (C=O) groups excluding carboxylic acids is 1. The van der Waals surface area contributed by atoms with Crippen LogP contribution in [0.2, 0.25) is 0 Å². The van der Waals surface area contributed by atoms with Gasteiger partial charge in [-0.05, 0) is 39.0 Å². The Balaban J connectivity index is 2.19. The molecule has 1 rings (SSSR count). The first kappa shape index (κ1) is 53.4. The monoisotopic (exact) mass is 808 g/mol. The van der Waals surface area contributed by atoms with Crippen molar-refractivity contribution in [3.63, 3.8) is 0 Å². The van der Waals surface area contributed by atoms with Gasteiger partial charge in [-0.2, -0.15) is 0 Å². The number of aliphatic hydroxyl groups excluding tert-OH is 5. The van der Waals surface area contributed by atoms with E-state index >= 15 is 0 Å². The van der Waals surface area contributed by atoms with E-state index < -0.39 is 49.5 Å². The van der Waals surface area contributed by atoms with E-state index in [1.165, 1.54) is 141 Å². The van der Waals surface area contributed by atoms with Crippen LogP contribution in [0.15, 0.2) is 36.5 Å². The topological polar surface area (TPSA) is 149 Å². The first-order valence-electron chi connectivity index (χ1n) is 23.7. The summed E-state index contributed by atoms with van der Waals surface area (Å²) in [6.45, 7) is 3.52. The molecular weight excluding hydrogens is 719 g/mol. The zero-order valence-corrected chi connectivity index (χ0v) is 36.6. The molecule has 0 radical (unpaired) electrons. The SMILES string of the molecule is C/C=C/CC/C=C/CC/C=C/C(O)C(COC1OC(CO)C(O)C(O)C1O)NC(=O)CCCCCCCCCCCCCCCCCCCCCCCCCCC. The highest BCUT2D eigenvalue weighted by Crippen LogP contribution is 2.23. The zero-order chi connectivity index (χ0) is 41.6. The first-order chi connectivity index (χ1) is 27.8. The molecule has 1 heterocycles. The second-order valence-electron chi connectivity index (χ2n) is 16.6. The number of carbonyl (C=O) groups is 1. The van der Waals surface area contributed by atoms with E-state index in [1.54, 1.807) is 6.08 Å². The Morgan fingerprint density at radius 1 is 0.614 bits per heavy atom. The van der Waals surface area contributed by atoms with Crippen molar-refractivity contribution >= 4 is 5.91 Å². The van der Waals surface area contributed by atoms with Gasteiger partial charge < -0.3 is 40.3 Å². The van der Waals surface area contributed by atoms with Crippen LogP contribution in [0.25, 0.3) is 0 Å². The van der Waals surface area contributed by atoms with E-state index in [1.807, 2.05) is 19.1 Å². The second-order valence-corrected chi connectivity index (χ2v) is 16.6. The minimum absolute atomic E-state index is 0.192. The molecule has 0 spiro atoms. The van der Waals surface area contributed by atoms with Crippen LogP contribution < -0.4 is 5.32 Å². The van der Waals surface area contributed by atoms with Gasteiger partial charge >= 0.3 is 0 Å². The average Bonchev–Trinajstić information content (AvgIpc) is 3.21. The Bertz CT molecular complexity index is 987. The zero-order valence-electron chi connectivity index (χ0n) is 36.6. The largest absolute Gasteiger partial charge is 0.394 e. The molecule has 6 N–H and O–H groups in total. The third-order valence-electron chi connectivity index (χ3n) is 11.3. The van der Waals surface area contributed by atoms with E-state index in [4.69, 9.17) is 9.47 Å². The van der Waals surface area contributed by atoms with Crippen LogP contribution in [-0.4, -0.2) is 87.5 Å². The minimum Gasteiger partial charge on any atom is -0.394 e. The van der Waals surface area contributed by atoms with Crippen LogP contribution >= 0.6 is 0 Å². The van der Waals surface area contributed by atoms with Crippen LogP contribution in [0.4, 0.5) is 0 Å². The van der Waals surface area contributed by atoms with Crippen molar-refractivity contribution in [1.82, 2.24) is 5.32 Å². The highest BCUT2D eigenvalue weighted by molar-refractivity contribution is 5.76. The van der Waals surface area contributed by atoms with E-state index in [-0.39, 0.29) is 12.5 Å². The summed E-state index contributed by atoms with van der Waals surface area (Å²) in [4.78, 5) is 12.9. The average molecular weight is 808 g/mol. The first-order valence-corrected chi connectivity index (χ1v) is 23.7. The quantitative estimate of drug-likeness (QED) is 0.0266. The van der Waals surface area contributed by atoms with Gasteiger partial charge in [0.1, 0.15) is 24.4 Å². The lowest BCUT2D eigenvalue weighted by Crippen LogP contribution is -2.60. The smallest absolute Gasteiger partial charge is 0.220 e. The van der Waals surface area contributed by atoms with Gasteiger partial charge in [0.2, 0.25) is 5.91 Å². The second kappa shape index (κ2) is 38.6. The van der Waals surface area contributed by atoms with E-state index in [2.05, 4.69) is 30.5 Å². The predicted molar refractivity (Wildman–Crippen MR) is 235 cm³/mol. The summed E-state index contributed by atoms with van der Waals surface area (Å²) in [6, 6.07) is -0.822. The summed E-state index contributed by atoms with van der Waals surface area (Å²) < 4.78 is 11.2. The molecule has 9 heteroatoms. The molecule has 1 saturated heterocycles. The summed E-state index contributed by atoms with van der Waals surface area (Å²) in [5, 5.41) is 54.0. The Morgan fingerprint density at radius 3 is 1.47 bits per heavy atom. The standard InChI is InChI=1S/C48H89NO8/c1-3-5-7-9-11-13-14-15-16-17-18-19-20-21-22-23-24-25-26-27-28-30-32-34-36-38-44(52)49-41(42(51)37-35-33-31-29-12-10-8-6-4-2)40-56-48-47(55)46(54)45(53)43(39-50)57-48/h4,6,12,29,35,37,41-43,45-48,50-51,53-55H,3,5,7-11,13-28,30-34,36,38-40H2,1-2H3,(H,49,52)/b6-4+,29-12+,37-35+. The number of hydrogen-bond donors (Lipinski definition) is 6. The number of rotatable bonds is 39. The Morgan fingerprint density at radius 2 is 1.04 bits per heavy atom. The number of aliphatic hydroxyl groups is 5. The lowest BCUT2D eigenvalue weighted by atomic mass is 9.99. The van der Waals surface area contributed by atoms with Gasteiger partial charge in [0.25, 0.3) is 0 Å².